The average Bonchev–Trinajstić information content (AvgIpc) is 2.24. The van der Waals surface area contributed by atoms with Crippen LogP contribution < -0.4 is 10.1 Å². The standard InChI is InChI=1S/C12H21ClN4O2/c1-5-19-11-16-9(13)15-10(17-11)14-7-12(4,18)6-8(2)3/h8,18H,5-7H2,1-4H3,(H,14,15,16,17). The van der Waals surface area contributed by atoms with Gasteiger partial charge in [0.1, 0.15) is 0 Å². The maximum absolute atomic E-state index is 10.2. The van der Waals surface area contributed by atoms with Gasteiger partial charge in [-0.3, -0.25) is 0 Å². The predicted molar refractivity (Wildman–Crippen MR) is 74.6 cm³/mol. The fourth-order valence-corrected chi connectivity index (χ4v) is 1.98. The lowest BCUT2D eigenvalue weighted by molar-refractivity contribution is 0.0513. The molecular formula is C12H21ClN4O2. The summed E-state index contributed by atoms with van der Waals surface area (Å²) in [5.74, 6) is 0.699. The molecule has 2 N–H and O–H groups in total. The van der Waals surface area contributed by atoms with Crippen molar-refractivity contribution in [3.05, 3.63) is 5.28 Å². The van der Waals surface area contributed by atoms with Crippen molar-refractivity contribution in [2.24, 2.45) is 5.92 Å². The minimum absolute atomic E-state index is 0.0597. The van der Waals surface area contributed by atoms with Crippen LogP contribution in [0, 0.1) is 5.92 Å². The molecule has 0 amide bonds. The number of nitrogens with one attached hydrogen (secondary N) is 1. The van der Waals surface area contributed by atoms with E-state index in [9.17, 15) is 5.11 Å². The Kier molecular flexibility index (Phi) is 5.75. The number of aromatic nitrogens is 3. The number of aliphatic hydroxyl groups is 1. The third-order valence-corrected chi connectivity index (χ3v) is 2.51. The van der Waals surface area contributed by atoms with Crippen molar-refractivity contribution in [2.45, 2.75) is 39.7 Å². The van der Waals surface area contributed by atoms with Crippen LogP contribution in [0.25, 0.3) is 0 Å². The van der Waals surface area contributed by atoms with Gasteiger partial charge in [0.2, 0.25) is 11.2 Å². The van der Waals surface area contributed by atoms with Crippen LogP contribution in [-0.4, -0.2) is 38.8 Å². The molecule has 7 heteroatoms. The van der Waals surface area contributed by atoms with E-state index >= 15 is 0 Å². The second kappa shape index (κ2) is 6.86. The summed E-state index contributed by atoms with van der Waals surface area (Å²) in [6.07, 6.45) is 0.678. The van der Waals surface area contributed by atoms with E-state index in [2.05, 4.69) is 34.1 Å². The highest BCUT2D eigenvalue weighted by atomic mass is 35.5. The summed E-state index contributed by atoms with van der Waals surface area (Å²) in [7, 11) is 0. The van der Waals surface area contributed by atoms with Gasteiger partial charge < -0.3 is 15.2 Å². The second-order valence-corrected chi connectivity index (χ2v) is 5.43. The monoisotopic (exact) mass is 288 g/mol. The lowest BCUT2D eigenvalue weighted by Crippen LogP contribution is -2.35. The highest BCUT2D eigenvalue weighted by Gasteiger charge is 2.22. The van der Waals surface area contributed by atoms with Crippen LogP contribution in [0.3, 0.4) is 0 Å². The molecule has 108 valence electrons. The van der Waals surface area contributed by atoms with Crippen molar-refractivity contribution in [1.82, 2.24) is 15.0 Å². The first-order chi connectivity index (χ1) is 8.82. The Bertz CT molecular complexity index is 413. The first-order valence-corrected chi connectivity index (χ1v) is 6.71. The molecule has 0 aromatic carbocycles. The zero-order valence-electron chi connectivity index (χ0n) is 11.8. The minimum Gasteiger partial charge on any atom is -0.464 e. The van der Waals surface area contributed by atoms with Crippen molar-refractivity contribution in [3.8, 4) is 6.01 Å². The molecule has 0 radical (unpaired) electrons. The molecule has 1 aromatic rings. The summed E-state index contributed by atoms with van der Waals surface area (Å²) in [6.45, 7) is 8.50. The third kappa shape index (κ3) is 6.02. The number of halogens is 1. The SMILES string of the molecule is CCOc1nc(Cl)nc(NCC(C)(O)CC(C)C)n1. The number of hydrogen-bond donors (Lipinski definition) is 2. The number of rotatable bonds is 7. The van der Waals surface area contributed by atoms with Crippen LogP contribution in [-0.2, 0) is 0 Å². The molecule has 1 rings (SSSR count). The lowest BCUT2D eigenvalue weighted by Gasteiger charge is -2.25. The Labute approximate surface area is 118 Å². The van der Waals surface area contributed by atoms with Crippen molar-refractivity contribution < 1.29 is 9.84 Å². The van der Waals surface area contributed by atoms with Gasteiger partial charge in [-0.2, -0.15) is 15.0 Å². The van der Waals surface area contributed by atoms with Crippen LogP contribution in [0.2, 0.25) is 5.28 Å². The number of anilines is 1. The van der Waals surface area contributed by atoms with Crippen LogP contribution >= 0.6 is 11.6 Å². The Hall–Kier alpha value is -1.14. The van der Waals surface area contributed by atoms with Gasteiger partial charge in [-0.05, 0) is 37.8 Å². The van der Waals surface area contributed by atoms with Crippen molar-refractivity contribution >= 4 is 17.5 Å². The molecule has 0 saturated heterocycles. The van der Waals surface area contributed by atoms with Gasteiger partial charge in [0.05, 0.1) is 12.2 Å². The smallest absolute Gasteiger partial charge is 0.322 e. The molecule has 19 heavy (non-hydrogen) atoms. The van der Waals surface area contributed by atoms with E-state index in [1.807, 2.05) is 6.92 Å². The summed E-state index contributed by atoms with van der Waals surface area (Å²) in [5, 5.41) is 13.2. The van der Waals surface area contributed by atoms with Gasteiger partial charge in [-0.25, -0.2) is 0 Å². The number of ether oxygens (including phenoxy) is 1. The molecule has 0 aliphatic heterocycles. The summed E-state index contributed by atoms with van der Waals surface area (Å²) in [6, 6.07) is 0.175. The van der Waals surface area contributed by atoms with E-state index in [1.54, 1.807) is 6.92 Å². The summed E-state index contributed by atoms with van der Waals surface area (Å²) in [5.41, 5.74) is -0.834. The Morgan fingerprint density at radius 2 is 2.05 bits per heavy atom. The predicted octanol–water partition coefficient (Wildman–Crippen LogP) is 2.13. The molecule has 1 atom stereocenters. The van der Waals surface area contributed by atoms with Gasteiger partial charge in [-0.1, -0.05) is 13.8 Å². The van der Waals surface area contributed by atoms with Crippen LogP contribution in [0.5, 0.6) is 6.01 Å². The molecule has 0 bridgehead atoms. The Morgan fingerprint density at radius 1 is 1.37 bits per heavy atom. The van der Waals surface area contributed by atoms with E-state index in [0.717, 1.165) is 0 Å². The van der Waals surface area contributed by atoms with E-state index in [-0.39, 0.29) is 11.3 Å². The minimum atomic E-state index is -0.834. The summed E-state index contributed by atoms with van der Waals surface area (Å²) >= 11 is 5.78. The zero-order chi connectivity index (χ0) is 14.5. The fourth-order valence-electron chi connectivity index (χ4n) is 1.83. The average molecular weight is 289 g/mol. The first kappa shape index (κ1) is 15.9. The lowest BCUT2D eigenvalue weighted by atomic mass is 9.94. The highest BCUT2D eigenvalue weighted by molar-refractivity contribution is 6.28. The third-order valence-electron chi connectivity index (χ3n) is 2.34. The van der Waals surface area contributed by atoms with E-state index in [0.29, 0.717) is 31.4 Å². The molecule has 0 saturated carbocycles. The van der Waals surface area contributed by atoms with E-state index in [4.69, 9.17) is 16.3 Å². The number of nitrogens with zero attached hydrogens (tertiary/aromatic N) is 3. The fraction of sp³-hybridized carbons (Fsp3) is 0.750. The maximum Gasteiger partial charge on any atom is 0.322 e. The maximum atomic E-state index is 10.2. The number of hydrogen-bond acceptors (Lipinski definition) is 6. The van der Waals surface area contributed by atoms with Gasteiger partial charge in [0.25, 0.3) is 0 Å². The van der Waals surface area contributed by atoms with Crippen LogP contribution in [0.1, 0.15) is 34.1 Å². The zero-order valence-corrected chi connectivity index (χ0v) is 12.5. The molecular weight excluding hydrogens is 268 g/mol. The molecule has 0 aliphatic carbocycles. The van der Waals surface area contributed by atoms with Gasteiger partial charge >= 0.3 is 6.01 Å². The molecule has 6 nitrogen and oxygen atoms in total. The van der Waals surface area contributed by atoms with Crippen LogP contribution in [0.15, 0.2) is 0 Å². The topological polar surface area (TPSA) is 80.2 Å². The largest absolute Gasteiger partial charge is 0.464 e. The summed E-state index contributed by atoms with van der Waals surface area (Å²) in [4.78, 5) is 11.8. The molecule has 1 heterocycles. The molecule has 0 fully saturated rings. The quantitative estimate of drug-likeness (QED) is 0.800. The van der Waals surface area contributed by atoms with Gasteiger partial charge in [0.15, 0.2) is 0 Å². The van der Waals surface area contributed by atoms with Crippen molar-refractivity contribution in [1.29, 1.82) is 0 Å². The molecule has 1 aromatic heterocycles. The van der Waals surface area contributed by atoms with Crippen LogP contribution in [0.4, 0.5) is 5.95 Å². The van der Waals surface area contributed by atoms with Crippen molar-refractivity contribution in [2.75, 3.05) is 18.5 Å². The summed E-state index contributed by atoms with van der Waals surface area (Å²) < 4.78 is 5.17. The first-order valence-electron chi connectivity index (χ1n) is 6.33. The molecule has 1 unspecified atom stereocenters. The highest BCUT2D eigenvalue weighted by Crippen LogP contribution is 2.17. The van der Waals surface area contributed by atoms with Gasteiger partial charge in [0, 0.05) is 6.54 Å². The Balaban J connectivity index is 2.66. The van der Waals surface area contributed by atoms with E-state index < -0.39 is 5.60 Å². The van der Waals surface area contributed by atoms with Crippen molar-refractivity contribution in [3.63, 3.8) is 0 Å². The second-order valence-electron chi connectivity index (χ2n) is 5.09. The normalized spacial score (nSPS) is 14.3. The van der Waals surface area contributed by atoms with E-state index in [1.165, 1.54) is 0 Å². The Morgan fingerprint density at radius 3 is 2.63 bits per heavy atom. The van der Waals surface area contributed by atoms with Gasteiger partial charge in [-0.15, -0.1) is 0 Å². The molecule has 0 aliphatic rings. The molecule has 0 spiro atoms.